The molecule has 4 rings (SSSR count). The first-order valence-corrected chi connectivity index (χ1v) is 16.7. The van der Waals surface area contributed by atoms with E-state index >= 15 is 0 Å². The molecule has 2 amide bonds. The standard InChI is InChI=1S/C34H50N2O10/c1-5-6-7-24(31(43)44)36-30(42)19(2)35-27(40)10-11-28(41)46-18-26(39)34(45)15-13-23-22-9-8-20-16-21(37)12-14-32(20,3)29(22)25(38)17-33(23,34)4/h16,19,22-25,29,38,45H,5-15,17-18H2,1-4H3,(H,35,40)(H,36,42)(H,43,44). The Bertz CT molecular complexity index is 1280. The zero-order valence-electron chi connectivity index (χ0n) is 27.4. The van der Waals surface area contributed by atoms with E-state index in [1.807, 2.05) is 13.8 Å². The highest BCUT2D eigenvalue weighted by atomic mass is 16.5. The molecule has 4 aliphatic rings. The van der Waals surface area contributed by atoms with Crippen molar-refractivity contribution in [1.82, 2.24) is 10.6 Å². The number of Topliss-reactive ketones (excluding diaryl/α,β-unsaturated/α-hetero) is 1. The number of unbranched alkanes of at least 4 members (excludes halogenated alkanes) is 1. The highest BCUT2D eigenvalue weighted by molar-refractivity contribution is 5.93. The fraction of sp³-hybridized carbons (Fsp3) is 0.765. The summed E-state index contributed by atoms with van der Waals surface area (Å²) in [7, 11) is 0. The van der Waals surface area contributed by atoms with Crippen LogP contribution < -0.4 is 10.6 Å². The number of esters is 1. The van der Waals surface area contributed by atoms with Gasteiger partial charge in [-0.25, -0.2) is 4.79 Å². The van der Waals surface area contributed by atoms with E-state index in [0.717, 1.165) is 24.8 Å². The lowest BCUT2D eigenvalue weighted by molar-refractivity contribution is -0.184. The summed E-state index contributed by atoms with van der Waals surface area (Å²) in [4.78, 5) is 74.2. The Morgan fingerprint density at radius 2 is 1.78 bits per heavy atom. The Morgan fingerprint density at radius 1 is 1.07 bits per heavy atom. The number of ketones is 2. The SMILES string of the molecule is CCCCC(NC(=O)C(C)NC(=O)CCC(=O)OCC(=O)C1(O)CCC2C3CCC4=CC(=O)CCC4(C)C3C(O)CC21C)C(=O)O. The van der Waals surface area contributed by atoms with E-state index in [2.05, 4.69) is 17.6 Å². The lowest BCUT2D eigenvalue weighted by atomic mass is 9.45. The molecule has 0 saturated heterocycles. The molecule has 4 aliphatic carbocycles. The first-order valence-electron chi connectivity index (χ1n) is 16.7. The molecule has 0 heterocycles. The molecule has 0 aliphatic heterocycles. The number of hydrogen-bond donors (Lipinski definition) is 5. The Balaban J connectivity index is 1.28. The number of aliphatic hydroxyl groups is 2. The minimum Gasteiger partial charge on any atom is -0.480 e. The van der Waals surface area contributed by atoms with Crippen molar-refractivity contribution in [1.29, 1.82) is 0 Å². The smallest absolute Gasteiger partial charge is 0.326 e. The Labute approximate surface area is 270 Å². The minimum absolute atomic E-state index is 0.0122. The number of rotatable bonds is 13. The number of carbonyl (C=O) groups excluding carboxylic acids is 5. The number of hydrogen-bond acceptors (Lipinski definition) is 9. The van der Waals surface area contributed by atoms with Crippen LogP contribution >= 0.6 is 0 Å². The van der Waals surface area contributed by atoms with Gasteiger partial charge in [0.2, 0.25) is 17.6 Å². The fourth-order valence-corrected chi connectivity index (χ4v) is 9.04. The van der Waals surface area contributed by atoms with Crippen LogP contribution in [-0.2, 0) is 33.5 Å². The number of carbonyl (C=O) groups is 6. The third-order valence-electron chi connectivity index (χ3n) is 11.7. The van der Waals surface area contributed by atoms with Gasteiger partial charge in [-0.15, -0.1) is 0 Å². The summed E-state index contributed by atoms with van der Waals surface area (Å²) in [6.45, 7) is 6.63. The van der Waals surface area contributed by atoms with E-state index in [9.17, 15) is 44.1 Å². The number of amides is 2. The van der Waals surface area contributed by atoms with Crippen molar-refractivity contribution in [2.45, 2.75) is 129 Å². The molecule has 9 unspecified atom stereocenters. The van der Waals surface area contributed by atoms with E-state index in [-0.39, 0.29) is 61.1 Å². The quantitative estimate of drug-likeness (QED) is 0.185. The van der Waals surface area contributed by atoms with Crippen LogP contribution in [0.4, 0.5) is 0 Å². The molecule has 256 valence electrons. The summed E-state index contributed by atoms with van der Waals surface area (Å²) in [5.41, 5.74) is -1.88. The van der Waals surface area contributed by atoms with Gasteiger partial charge < -0.3 is 30.7 Å². The second-order valence-corrected chi connectivity index (χ2v) is 14.4. The molecule has 12 nitrogen and oxygen atoms in total. The topological polar surface area (TPSA) is 196 Å². The average Bonchev–Trinajstić information content (AvgIpc) is 3.27. The van der Waals surface area contributed by atoms with Crippen molar-refractivity contribution >= 4 is 35.3 Å². The van der Waals surface area contributed by atoms with Gasteiger partial charge in [-0.1, -0.05) is 39.2 Å². The highest BCUT2D eigenvalue weighted by Crippen LogP contribution is 2.67. The first-order chi connectivity index (χ1) is 21.6. The molecule has 12 heteroatoms. The van der Waals surface area contributed by atoms with Crippen LogP contribution in [0.25, 0.3) is 0 Å². The number of carboxylic acids is 1. The summed E-state index contributed by atoms with van der Waals surface area (Å²) in [6.07, 6.45) is 5.66. The van der Waals surface area contributed by atoms with Crippen molar-refractivity contribution in [2.75, 3.05) is 6.61 Å². The van der Waals surface area contributed by atoms with Gasteiger partial charge in [0.05, 0.1) is 12.5 Å². The maximum atomic E-state index is 13.5. The van der Waals surface area contributed by atoms with Crippen LogP contribution in [0.5, 0.6) is 0 Å². The van der Waals surface area contributed by atoms with Crippen molar-refractivity contribution in [3.05, 3.63) is 11.6 Å². The summed E-state index contributed by atoms with van der Waals surface area (Å²) >= 11 is 0. The van der Waals surface area contributed by atoms with Crippen LogP contribution in [0.3, 0.4) is 0 Å². The lowest BCUT2D eigenvalue weighted by Gasteiger charge is -2.60. The zero-order valence-corrected chi connectivity index (χ0v) is 27.4. The molecule has 0 aromatic heterocycles. The number of allylic oxidation sites excluding steroid dienone is 1. The Hall–Kier alpha value is -3.12. The summed E-state index contributed by atoms with van der Waals surface area (Å²) in [5, 5.41) is 37.5. The molecule has 0 spiro atoms. The maximum absolute atomic E-state index is 13.5. The molecule has 0 aromatic rings. The Kier molecular flexibility index (Phi) is 10.8. The molecule has 3 fully saturated rings. The average molecular weight is 647 g/mol. The molecule has 0 bridgehead atoms. The second-order valence-electron chi connectivity index (χ2n) is 14.4. The van der Waals surface area contributed by atoms with Crippen molar-refractivity contribution in [2.24, 2.45) is 28.6 Å². The van der Waals surface area contributed by atoms with Crippen LogP contribution in [0.1, 0.15) is 105 Å². The number of fused-ring (bicyclic) bond motifs is 5. The Morgan fingerprint density at radius 3 is 2.46 bits per heavy atom. The molecule has 3 saturated carbocycles. The summed E-state index contributed by atoms with van der Waals surface area (Å²) < 4.78 is 5.18. The third-order valence-corrected chi connectivity index (χ3v) is 11.7. The summed E-state index contributed by atoms with van der Waals surface area (Å²) in [6, 6.07) is -2.09. The van der Waals surface area contributed by atoms with Gasteiger partial charge in [-0.2, -0.15) is 0 Å². The number of ether oxygens (including phenoxy) is 1. The van der Waals surface area contributed by atoms with Crippen LogP contribution in [0.15, 0.2) is 11.6 Å². The van der Waals surface area contributed by atoms with Gasteiger partial charge in [0.25, 0.3) is 0 Å². The second kappa shape index (κ2) is 13.9. The van der Waals surface area contributed by atoms with Crippen molar-refractivity contribution in [3.8, 4) is 0 Å². The van der Waals surface area contributed by atoms with Gasteiger partial charge in [0.15, 0.2) is 12.4 Å². The largest absolute Gasteiger partial charge is 0.480 e. The number of carboxylic acid groups (broad SMARTS) is 1. The molecular formula is C34H50N2O10. The van der Waals surface area contributed by atoms with Crippen molar-refractivity contribution in [3.63, 3.8) is 0 Å². The van der Waals surface area contributed by atoms with E-state index in [1.165, 1.54) is 6.92 Å². The van der Waals surface area contributed by atoms with Gasteiger partial charge in [-0.05, 0) is 81.1 Å². The highest BCUT2D eigenvalue weighted by Gasteiger charge is 2.68. The van der Waals surface area contributed by atoms with E-state index in [0.29, 0.717) is 25.7 Å². The normalized spacial score (nSPS) is 34.6. The van der Waals surface area contributed by atoms with Crippen molar-refractivity contribution < 1.29 is 48.8 Å². The summed E-state index contributed by atoms with van der Waals surface area (Å²) in [5.74, 6) is -3.75. The van der Waals surface area contributed by atoms with Gasteiger partial charge >= 0.3 is 11.9 Å². The van der Waals surface area contributed by atoms with E-state index in [1.54, 1.807) is 6.08 Å². The fourth-order valence-electron chi connectivity index (χ4n) is 9.04. The third kappa shape index (κ3) is 6.79. The molecular weight excluding hydrogens is 596 g/mol. The van der Waals surface area contributed by atoms with E-state index < -0.39 is 65.3 Å². The number of aliphatic hydroxyl groups excluding tert-OH is 1. The monoisotopic (exact) mass is 646 g/mol. The van der Waals surface area contributed by atoms with Crippen LogP contribution in [-0.4, -0.2) is 81.0 Å². The molecule has 0 aromatic carbocycles. The van der Waals surface area contributed by atoms with Gasteiger partial charge in [0, 0.05) is 18.3 Å². The molecule has 5 N–H and O–H groups in total. The first kappa shape index (κ1) is 35.7. The minimum atomic E-state index is -1.78. The number of nitrogens with one attached hydrogen (secondary N) is 2. The lowest BCUT2D eigenvalue weighted by Crippen LogP contribution is -2.62. The van der Waals surface area contributed by atoms with E-state index in [4.69, 9.17) is 4.74 Å². The predicted molar refractivity (Wildman–Crippen MR) is 165 cm³/mol. The molecule has 0 radical (unpaired) electrons. The maximum Gasteiger partial charge on any atom is 0.326 e. The van der Waals surface area contributed by atoms with Gasteiger partial charge in [-0.3, -0.25) is 24.0 Å². The predicted octanol–water partition coefficient (Wildman–Crippen LogP) is 2.38. The van der Waals surface area contributed by atoms with Crippen LogP contribution in [0, 0.1) is 28.6 Å². The van der Waals surface area contributed by atoms with Crippen LogP contribution in [0.2, 0.25) is 0 Å². The zero-order chi connectivity index (χ0) is 34.0. The molecule has 9 atom stereocenters. The number of aliphatic carboxylic acids is 1. The van der Waals surface area contributed by atoms with Gasteiger partial charge in [0.1, 0.15) is 17.7 Å². The molecule has 46 heavy (non-hydrogen) atoms.